The van der Waals surface area contributed by atoms with Crippen LogP contribution in [0.15, 0.2) is 48.5 Å². The van der Waals surface area contributed by atoms with Crippen molar-refractivity contribution in [3.8, 4) is 0 Å². The van der Waals surface area contributed by atoms with Gasteiger partial charge in [0.05, 0.1) is 18.2 Å². The van der Waals surface area contributed by atoms with Gasteiger partial charge < -0.3 is 25.2 Å². The van der Waals surface area contributed by atoms with E-state index in [1.165, 1.54) is 40.1 Å². The summed E-state index contributed by atoms with van der Waals surface area (Å²) in [5, 5.41) is 5.36. The highest BCUT2D eigenvalue weighted by Crippen LogP contribution is 2.30. The molecule has 0 aromatic heterocycles. The lowest BCUT2D eigenvalue weighted by molar-refractivity contribution is -0.137. The normalized spacial score (nSPS) is 20.0. The summed E-state index contributed by atoms with van der Waals surface area (Å²) in [5.41, 5.74) is -0.848. The van der Waals surface area contributed by atoms with Crippen LogP contribution in [-0.4, -0.2) is 72.6 Å². The van der Waals surface area contributed by atoms with Gasteiger partial charge in [0.1, 0.15) is 11.9 Å². The largest absolute Gasteiger partial charge is 0.416 e. The van der Waals surface area contributed by atoms with Crippen LogP contribution < -0.4 is 10.6 Å². The lowest BCUT2D eigenvalue weighted by Gasteiger charge is -2.40. The quantitative estimate of drug-likeness (QED) is 0.589. The van der Waals surface area contributed by atoms with Gasteiger partial charge in [0.2, 0.25) is 5.91 Å². The number of benzene rings is 2. The fourth-order valence-corrected chi connectivity index (χ4v) is 4.30. The summed E-state index contributed by atoms with van der Waals surface area (Å²) in [6.07, 6.45) is -3.17. The van der Waals surface area contributed by atoms with Crippen LogP contribution in [0, 0.1) is 5.82 Å². The van der Waals surface area contributed by atoms with Crippen molar-refractivity contribution in [2.45, 2.75) is 31.2 Å². The molecule has 0 saturated carbocycles. The van der Waals surface area contributed by atoms with E-state index in [-0.39, 0.29) is 37.8 Å². The maximum atomic E-state index is 13.3. The number of piperazine rings is 1. The van der Waals surface area contributed by atoms with Crippen LogP contribution in [0.5, 0.6) is 0 Å². The van der Waals surface area contributed by atoms with E-state index in [4.69, 9.17) is 4.74 Å². The van der Waals surface area contributed by atoms with Gasteiger partial charge in [-0.05, 0) is 55.3 Å². The lowest BCUT2D eigenvalue weighted by atomic mass is 10.1. The summed E-state index contributed by atoms with van der Waals surface area (Å²) in [7, 11) is 0. The zero-order valence-electron chi connectivity index (χ0n) is 19.8. The number of ether oxygens (including phenoxy) is 1. The predicted molar refractivity (Wildman–Crippen MR) is 125 cm³/mol. The molecule has 8 nitrogen and oxygen atoms in total. The molecular weight excluding hydrogens is 496 g/mol. The molecule has 2 unspecified atom stereocenters. The molecule has 4 amide bonds. The minimum atomic E-state index is -4.63. The second kappa shape index (κ2) is 11.2. The first-order valence-electron chi connectivity index (χ1n) is 11.8. The molecule has 0 aliphatic carbocycles. The molecule has 0 radical (unpaired) electrons. The summed E-state index contributed by atoms with van der Waals surface area (Å²) in [6, 6.07) is 7.43. The van der Waals surface area contributed by atoms with Crippen molar-refractivity contribution < 1.29 is 36.7 Å². The number of rotatable bonds is 5. The molecule has 0 bridgehead atoms. The standard InChI is InChI=1S/C25H26F4N4O4/c26-18-6-8-19(9-7-18)31-24(36)32-10-11-33(21(15-32)22(34)30-14-20-5-2-12-37-20)23(35)16-3-1-4-17(13-16)25(27,28)29/h1,3-4,6-9,13,20-21H,2,5,10-12,14-15H2,(H,30,34)(H,31,36). The second-order valence-electron chi connectivity index (χ2n) is 8.86. The number of urea groups is 1. The van der Waals surface area contributed by atoms with Gasteiger partial charge in [-0.15, -0.1) is 0 Å². The molecule has 0 spiro atoms. The molecule has 2 aromatic carbocycles. The van der Waals surface area contributed by atoms with Crippen LogP contribution in [0.2, 0.25) is 0 Å². The number of amides is 4. The van der Waals surface area contributed by atoms with Gasteiger partial charge >= 0.3 is 12.2 Å². The van der Waals surface area contributed by atoms with Gasteiger partial charge in [-0.25, -0.2) is 9.18 Å². The smallest absolute Gasteiger partial charge is 0.376 e. The third-order valence-corrected chi connectivity index (χ3v) is 6.29. The van der Waals surface area contributed by atoms with E-state index in [2.05, 4.69) is 10.6 Å². The van der Waals surface area contributed by atoms with E-state index in [9.17, 15) is 31.9 Å². The Bertz CT molecular complexity index is 1140. The molecule has 2 aliphatic rings. The minimum Gasteiger partial charge on any atom is -0.376 e. The number of nitrogens with one attached hydrogen (secondary N) is 2. The topological polar surface area (TPSA) is 91.0 Å². The Morgan fingerprint density at radius 1 is 1.05 bits per heavy atom. The average molecular weight is 522 g/mol. The number of carbonyl (C=O) groups is 3. The Hall–Kier alpha value is -3.67. The highest BCUT2D eigenvalue weighted by Gasteiger charge is 2.38. The predicted octanol–water partition coefficient (Wildman–Crippen LogP) is 3.50. The maximum absolute atomic E-state index is 13.3. The molecule has 2 aromatic rings. The second-order valence-corrected chi connectivity index (χ2v) is 8.86. The number of carbonyl (C=O) groups excluding carboxylic acids is 3. The van der Waals surface area contributed by atoms with E-state index < -0.39 is 41.4 Å². The van der Waals surface area contributed by atoms with Crippen molar-refractivity contribution >= 4 is 23.5 Å². The molecule has 12 heteroatoms. The van der Waals surface area contributed by atoms with Crippen LogP contribution in [0.25, 0.3) is 0 Å². The van der Waals surface area contributed by atoms with Crippen molar-refractivity contribution in [1.82, 2.24) is 15.1 Å². The Morgan fingerprint density at radius 2 is 1.81 bits per heavy atom. The first kappa shape index (κ1) is 26.4. The van der Waals surface area contributed by atoms with E-state index >= 15 is 0 Å². The van der Waals surface area contributed by atoms with Crippen LogP contribution in [0.4, 0.5) is 28.0 Å². The van der Waals surface area contributed by atoms with Gasteiger partial charge in [-0.3, -0.25) is 9.59 Å². The number of anilines is 1. The van der Waals surface area contributed by atoms with Gasteiger partial charge in [-0.2, -0.15) is 13.2 Å². The number of alkyl halides is 3. The van der Waals surface area contributed by atoms with Crippen LogP contribution in [-0.2, 0) is 15.7 Å². The zero-order valence-corrected chi connectivity index (χ0v) is 19.8. The fraction of sp³-hybridized carbons (Fsp3) is 0.400. The molecule has 2 fully saturated rings. The van der Waals surface area contributed by atoms with Crippen molar-refractivity contribution in [3.05, 3.63) is 65.5 Å². The highest BCUT2D eigenvalue weighted by atomic mass is 19.4. The van der Waals surface area contributed by atoms with Gasteiger partial charge in [-0.1, -0.05) is 6.07 Å². The maximum Gasteiger partial charge on any atom is 0.416 e. The van der Waals surface area contributed by atoms with Gasteiger partial charge in [0.25, 0.3) is 5.91 Å². The molecular formula is C25H26F4N4O4. The third kappa shape index (κ3) is 6.56. The van der Waals surface area contributed by atoms with Crippen LogP contribution >= 0.6 is 0 Å². The Kier molecular flexibility index (Phi) is 7.96. The fourth-order valence-electron chi connectivity index (χ4n) is 4.30. The molecule has 2 saturated heterocycles. The molecule has 2 atom stereocenters. The first-order valence-corrected chi connectivity index (χ1v) is 11.8. The number of nitrogens with zero attached hydrogens (tertiary/aromatic N) is 2. The Balaban J connectivity index is 1.51. The summed E-state index contributed by atoms with van der Waals surface area (Å²) in [5.74, 6) is -1.76. The SMILES string of the molecule is O=C(NCC1CCCO1)C1CN(C(=O)Nc2ccc(F)cc2)CCN1C(=O)c1cccc(C(F)(F)F)c1. The van der Waals surface area contributed by atoms with E-state index in [1.54, 1.807) is 0 Å². The molecule has 2 heterocycles. The van der Waals surface area contributed by atoms with Crippen LogP contribution in [0.3, 0.4) is 0 Å². The first-order chi connectivity index (χ1) is 17.6. The summed E-state index contributed by atoms with van der Waals surface area (Å²) in [4.78, 5) is 41.7. The van der Waals surface area contributed by atoms with Crippen LogP contribution in [0.1, 0.15) is 28.8 Å². The monoisotopic (exact) mass is 522 g/mol. The summed E-state index contributed by atoms with van der Waals surface area (Å²) in [6.45, 7) is 0.566. The molecule has 4 rings (SSSR count). The highest BCUT2D eigenvalue weighted by molar-refractivity contribution is 5.98. The number of hydrogen-bond donors (Lipinski definition) is 2. The van der Waals surface area contributed by atoms with Gasteiger partial charge in [0.15, 0.2) is 0 Å². The van der Waals surface area contributed by atoms with E-state index in [1.807, 2.05) is 0 Å². The summed E-state index contributed by atoms with van der Waals surface area (Å²) < 4.78 is 58.3. The molecule has 198 valence electrons. The summed E-state index contributed by atoms with van der Waals surface area (Å²) >= 11 is 0. The zero-order chi connectivity index (χ0) is 26.6. The van der Waals surface area contributed by atoms with E-state index in [0.717, 1.165) is 31.0 Å². The lowest BCUT2D eigenvalue weighted by Crippen LogP contribution is -2.62. The number of hydrogen-bond acceptors (Lipinski definition) is 4. The van der Waals surface area contributed by atoms with E-state index in [0.29, 0.717) is 12.3 Å². The van der Waals surface area contributed by atoms with Crippen molar-refractivity contribution in [3.63, 3.8) is 0 Å². The van der Waals surface area contributed by atoms with Gasteiger partial charge in [0, 0.05) is 37.5 Å². The Labute approximate surface area is 210 Å². The minimum absolute atomic E-state index is 0.0350. The Morgan fingerprint density at radius 3 is 2.49 bits per heavy atom. The molecule has 2 N–H and O–H groups in total. The van der Waals surface area contributed by atoms with Crippen molar-refractivity contribution in [2.24, 2.45) is 0 Å². The van der Waals surface area contributed by atoms with Crippen molar-refractivity contribution in [1.29, 1.82) is 0 Å². The number of halogens is 4. The average Bonchev–Trinajstić information content (AvgIpc) is 3.41. The molecule has 2 aliphatic heterocycles. The third-order valence-electron chi connectivity index (χ3n) is 6.29. The molecule has 37 heavy (non-hydrogen) atoms. The van der Waals surface area contributed by atoms with Crippen molar-refractivity contribution in [2.75, 3.05) is 38.1 Å².